The van der Waals surface area contributed by atoms with Crippen molar-refractivity contribution in [1.29, 1.82) is 0 Å². The van der Waals surface area contributed by atoms with Crippen molar-refractivity contribution in [2.45, 2.75) is 104 Å². The minimum absolute atomic E-state index is 0. The minimum Gasteiger partial charge on any atom is -0.550 e. The molecule has 0 N–H and O–H groups in total. The van der Waals surface area contributed by atoms with Crippen LogP contribution < -0.4 is 69.3 Å². The Bertz CT molecular complexity index is 463. The molecule has 0 aliphatic heterocycles. The van der Waals surface area contributed by atoms with Crippen molar-refractivity contribution in [3.05, 3.63) is 0 Å². The van der Waals surface area contributed by atoms with E-state index in [9.17, 15) is 28.2 Å². The molecule has 0 fully saturated rings. The summed E-state index contributed by atoms with van der Waals surface area (Å²) in [6.07, 6.45) is 12.3. The van der Waals surface area contributed by atoms with Gasteiger partial charge in [0.2, 0.25) is 0 Å². The molecule has 0 bridgehead atoms. The normalized spacial score (nSPS) is 10.3. The molecule has 0 saturated carbocycles. The van der Waals surface area contributed by atoms with E-state index < -0.39 is 35.2 Å². The third-order valence-electron chi connectivity index (χ3n) is 3.98. The monoisotopic (exact) mass is 484 g/mol. The van der Waals surface area contributed by atoms with Crippen LogP contribution in [0.3, 0.4) is 0 Å². The maximum Gasteiger partial charge on any atom is 1.00 e. The SMILES string of the molecule is CCCCCCCCOS(=O)(=O)OCCCCCCCC.O=C([O-])CCC(=O)[O-].[Na+].[Na+]. The second-order valence-corrected chi connectivity index (χ2v) is 8.12. The Labute approximate surface area is 233 Å². The van der Waals surface area contributed by atoms with Crippen molar-refractivity contribution >= 4 is 22.3 Å². The molecule has 0 saturated heterocycles. The van der Waals surface area contributed by atoms with Crippen molar-refractivity contribution in [2.24, 2.45) is 0 Å². The maximum atomic E-state index is 11.5. The van der Waals surface area contributed by atoms with E-state index in [1.807, 2.05) is 0 Å². The Morgan fingerprint density at radius 3 is 1.19 bits per heavy atom. The number of rotatable bonds is 19. The van der Waals surface area contributed by atoms with Gasteiger partial charge in [0, 0.05) is 11.9 Å². The van der Waals surface area contributed by atoms with Crippen molar-refractivity contribution in [2.75, 3.05) is 13.2 Å². The summed E-state index contributed by atoms with van der Waals surface area (Å²) in [5.74, 6) is -2.73. The van der Waals surface area contributed by atoms with Crippen LogP contribution in [-0.4, -0.2) is 33.6 Å². The van der Waals surface area contributed by atoms with E-state index in [1.54, 1.807) is 0 Å². The molecule has 0 heterocycles. The molecule has 31 heavy (non-hydrogen) atoms. The van der Waals surface area contributed by atoms with Gasteiger partial charge in [-0.2, -0.15) is 8.42 Å². The van der Waals surface area contributed by atoms with Gasteiger partial charge < -0.3 is 19.8 Å². The van der Waals surface area contributed by atoms with Gasteiger partial charge in [-0.25, -0.2) is 8.37 Å². The van der Waals surface area contributed by atoms with Crippen molar-refractivity contribution < 1.29 is 95.7 Å². The van der Waals surface area contributed by atoms with Crippen LogP contribution in [0.1, 0.15) is 104 Å². The van der Waals surface area contributed by atoms with Gasteiger partial charge in [-0.3, -0.25) is 0 Å². The number of carbonyl (C=O) groups excluding carboxylic acids is 2. The molecule has 11 heteroatoms. The number of carboxylic acid groups (broad SMARTS) is 2. The summed E-state index contributed by atoms with van der Waals surface area (Å²) in [6, 6.07) is 0. The van der Waals surface area contributed by atoms with Gasteiger partial charge in [0.1, 0.15) is 0 Å². The average molecular weight is 485 g/mol. The van der Waals surface area contributed by atoms with Crippen LogP contribution in [0.5, 0.6) is 0 Å². The Balaban J connectivity index is -0.000000311. The zero-order chi connectivity index (χ0) is 22.4. The molecule has 0 aromatic carbocycles. The number of aliphatic carboxylic acids is 2. The van der Waals surface area contributed by atoms with Crippen molar-refractivity contribution in [3.8, 4) is 0 Å². The number of hydrogen-bond acceptors (Lipinski definition) is 8. The van der Waals surface area contributed by atoms with E-state index >= 15 is 0 Å². The second-order valence-electron chi connectivity index (χ2n) is 6.83. The average Bonchev–Trinajstić information content (AvgIpc) is 2.65. The summed E-state index contributed by atoms with van der Waals surface area (Å²) in [4.78, 5) is 19.0. The number of hydrogen-bond donors (Lipinski definition) is 0. The standard InChI is InChI=1S/C16H34O4S.C4H6O4.2Na/c1-3-5-7-9-11-13-15-19-21(17,18)20-16-14-12-10-8-6-4-2;5-3(6)1-2-4(7)8;;/h3-16H2,1-2H3;1-2H2,(H,5,6)(H,7,8);;/q;;2*+1/p-2. The third-order valence-corrected chi connectivity index (χ3v) is 4.90. The molecule has 0 aromatic heterocycles. The predicted molar refractivity (Wildman–Crippen MR) is 107 cm³/mol. The van der Waals surface area contributed by atoms with Crippen LogP contribution in [0, 0.1) is 0 Å². The van der Waals surface area contributed by atoms with Gasteiger partial charge in [-0.15, -0.1) is 0 Å². The Morgan fingerprint density at radius 1 is 0.613 bits per heavy atom. The smallest absolute Gasteiger partial charge is 0.550 e. The summed E-state index contributed by atoms with van der Waals surface area (Å²) in [5.41, 5.74) is 0. The van der Waals surface area contributed by atoms with Gasteiger partial charge >= 0.3 is 69.5 Å². The fourth-order valence-corrected chi connectivity index (χ4v) is 3.04. The van der Waals surface area contributed by atoms with Crippen LogP contribution in [-0.2, 0) is 28.4 Å². The maximum absolute atomic E-state index is 11.5. The molecule has 0 aromatic rings. The van der Waals surface area contributed by atoms with Crippen molar-refractivity contribution in [1.82, 2.24) is 0 Å². The third kappa shape index (κ3) is 38.4. The molecule has 0 aliphatic carbocycles. The predicted octanol–water partition coefficient (Wildman–Crippen LogP) is -3.74. The van der Waals surface area contributed by atoms with Crippen LogP contribution in [0.25, 0.3) is 0 Å². The van der Waals surface area contributed by atoms with E-state index in [0.29, 0.717) is 0 Å². The van der Waals surface area contributed by atoms with Gasteiger partial charge in [0.25, 0.3) is 0 Å². The molecule has 0 radical (unpaired) electrons. The number of carboxylic acids is 2. The molecule has 0 atom stereocenters. The van der Waals surface area contributed by atoms with Gasteiger partial charge in [0.15, 0.2) is 0 Å². The first kappa shape index (κ1) is 39.0. The Hall–Kier alpha value is 0.810. The van der Waals surface area contributed by atoms with Gasteiger partial charge in [-0.1, -0.05) is 78.1 Å². The first-order valence-electron chi connectivity index (χ1n) is 10.7. The molecule has 0 rings (SSSR count). The molecule has 0 spiro atoms. The summed E-state index contributed by atoms with van der Waals surface area (Å²) in [6.45, 7) is 4.84. The molecular weight excluding hydrogens is 446 g/mol. The van der Waals surface area contributed by atoms with Crippen LogP contribution >= 0.6 is 0 Å². The zero-order valence-electron chi connectivity index (χ0n) is 20.0. The van der Waals surface area contributed by atoms with E-state index in [2.05, 4.69) is 13.8 Å². The van der Waals surface area contributed by atoms with Gasteiger partial charge in [-0.05, 0) is 25.7 Å². The van der Waals surface area contributed by atoms with Gasteiger partial charge in [0.05, 0.1) is 13.2 Å². The molecule has 174 valence electrons. The molecule has 0 unspecified atom stereocenters. The molecule has 0 aliphatic rings. The summed E-state index contributed by atoms with van der Waals surface area (Å²) in [7, 11) is -3.78. The van der Waals surface area contributed by atoms with E-state index in [4.69, 9.17) is 8.37 Å². The van der Waals surface area contributed by atoms with E-state index in [0.717, 1.165) is 38.5 Å². The largest absolute Gasteiger partial charge is 1.00 e. The number of carbonyl (C=O) groups is 2. The van der Waals surface area contributed by atoms with Crippen LogP contribution in [0.2, 0.25) is 0 Å². The molecule has 0 amide bonds. The van der Waals surface area contributed by atoms with E-state index in [-0.39, 0.29) is 72.3 Å². The molecular formula is C20H38Na2O8S. The fraction of sp³-hybridized carbons (Fsp3) is 0.900. The summed E-state index contributed by atoms with van der Waals surface area (Å²) >= 11 is 0. The minimum atomic E-state index is -3.78. The summed E-state index contributed by atoms with van der Waals surface area (Å²) in [5, 5.41) is 19.0. The Morgan fingerprint density at radius 2 is 0.903 bits per heavy atom. The zero-order valence-corrected chi connectivity index (χ0v) is 24.8. The second kappa shape index (κ2) is 28.8. The first-order valence-corrected chi connectivity index (χ1v) is 12.0. The molecule has 8 nitrogen and oxygen atoms in total. The first-order chi connectivity index (χ1) is 13.7. The Kier molecular flexibility index (Phi) is 36.3. The van der Waals surface area contributed by atoms with E-state index in [1.165, 1.54) is 38.5 Å². The van der Waals surface area contributed by atoms with Crippen molar-refractivity contribution in [3.63, 3.8) is 0 Å². The topological polar surface area (TPSA) is 133 Å². The number of unbranched alkanes of at least 4 members (excludes halogenated alkanes) is 10. The quantitative estimate of drug-likeness (QED) is 0.135. The van der Waals surface area contributed by atoms with Crippen LogP contribution in [0.4, 0.5) is 0 Å². The fourth-order valence-electron chi connectivity index (χ4n) is 2.32. The summed E-state index contributed by atoms with van der Waals surface area (Å²) < 4.78 is 32.6. The van der Waals surface area contributed by atoms with Crippen LogP contribution in [0.15, 0.2) is 0 Å².